The molecule has 1 aliphatic heterocycles. The molecule has 2 aromatic heterocycles. The number of nitrogens with one attached hydrogen (secondary N) is 2. The normalized spacial score (nSPS) is 17.0. The second-order valence-electron chi connectivity index (χ2n) is 7.92. The van der Waals surface area contributed by atoms with Crippen LogP contribution in [-0.2, 0) is 16.0 Å². The van der Waals surface area contributed by atoms with E-state index in [2.05, 4.69) is 15.3 Å². The minimum Gasteiger partial charge on any atom is -0.383 e. The van der Waals surface area contributed by atoms with Gasteiger partial charge in [0.15, 0.2) is 0 Å². The molecule has 3 heterocycles. The number of hydrogen-bond donors (Lipinski definition) is 2. The van der Waals surface area contributed by atoms with E-state index >= 15 is 0 Å². The first-order valence-electron chi connectivity index (χ1n) is 10.4. The number of rotatable bonds is 7. The summed E-state index contributed by atoms with van der Waals surface area (Å²) in [6, 6.07) is 8.42. The molecule has 0 bridgehead atoms. The Hall–Kier alpha value is -2.97. The number of aromatic nitrogens is 2. The molecule has 0 saturated carbocycles. The van der Waals surface area contributed by atoms with Gasteiger partial charge in [-0.15, -0.1) is 0 Å². The summed E-state index contributed by atoms with van der Waals surface area (Å²) in [4.78, 5) is 35.2. The van der Waals surface area contributed by atoms with Crippen LogP contribution < -0.4 is 5.32 Å². The molecule has 2 N–H and O–H groups in total. The Kier molecular flexibility index (Phi) is 6.72. The lowest BCUT2D eigenvalue weighted by molar-refractivity contribution is -0.135. The standard InChI is InChI=1S/C23H24ClFN4O3/c1-32-13-17-3-2-8-29(17)23(31)19(9-14-4-6-16(25)7-5-14)28-22(30)18-10-15-11-21(24)26-12-20(15)27-18/h4-7,10-12,17,19,27H,2-3,8-9,13H2,1H3,(H,28,30)/t17-,19+/m1/s1. The van der Waals surface area contributed by atoms with Crippen molar-refractivity contribution in [1.29, 1.82) is 0 Å². The Labute approximate surface area is 189 Å². The van der Waals surface area contributed by atoms with E-state index in [1.54, 1.807) is 42.5 Å². The van der Waals surface area contributed by atoms with Crippen LogP contribution in [0.2, 0.25) is 5.15 Å². The van der Waals surface area contributed by atoms with Gasteiger partial charge in [0.2, 0.25) is 5.91 Å². The zero-order chi connectivity index (χ0) is 22.7. The molecule has 0 aliphatic carbocycles. The number of likely N-dealkylation sites (tertiary alicyclic amines) is 1. The van der Waals surface area contributed by atoms with E-state index in [1.807, 2.05) is 0 Å². The molecule has 168 valence electrons. The fourth-order valence-electron chi connectivity index (χ4n) is 4.11. The van der Waals surface area contributed by atoms with Gasteiger partial charge in [-0.3, -0.25) is 9.59 Å². The van der Waals surface area contributed by atoms with Gasteiger partial charge >= 0.3 is 0 Å². The molecule has 1 saturated heterocycles. The number of pyridine rings is 1. The second kappa shape index (κ2) is 9.67. The van der Waals surface area contributed by atoms with Gasteiger partial charge in [0.05, 0.1) is 24.4 Å². The summed E-state index contributed by atoms with van der Waals surface area (Å²) in [5.74, 6) is -0.950. The molecule has 1 aromatic carbocycles. The smallest absolute Gasteiger partial charge is 0.268 e. The topological polar surface area (TPSA) is 87.3 Å². The van der Waals surface area contributed by atoms with Gasteiger partial charge in [-0.25, -0.2) is 9.37 Å². The molecule has 32 heavy (non-hydrogen) atoms. The van der Waals surface area contributed by atoms with Crippen molar-refractivity contribution in [2.75, 3.05) is 20.3 Å². The number of ether oxygens (including phenoxy) is 1. The van der Waals surface area contributed by atoms with Gasteiger partial charge < -0.3 is 19.9 Å². The summed E-state index contributed by atoms with van der Waals surface area (Å²) in [5, 5.41) is 3.93. The van der Waals surface area contributed by atoms with E-state index in [0.717, 1.165) is 23.8 Å². The number of benzene rings is 1. The molecule has 2 amide bonds. The predicted molar refractivity (Wildman–Crippen MR) is 119 cm³/mol. The summed E-state index contributed by atoms with van der Waals surface area (Å²) in [6.45, 7) is 1.05. The number of methoxy groups -OCH3 is 1. The number of carbonyl (C=O) groups is 2. The van der Waals surface area contributed by atoms with Crippen LogP contribution in [0, 0.1) is 5.82 Å². The van der Waals surface area contributed by atoms with Crippen molar-refractivity contribution in [1.82, 2.24) is 20.2 Å². The fraction of sp³-hybridized carbons (Fsp3) is 0.348. The third-order valence-electron chi connectivity index (χ3n) is 5.69. The SMILES string of the molecule is COC[C@H]1CCCN1C(=O)[C@H](Cc1ccc(F)cc1)NC(=O)c1cc2cc(Cl)ncc2[nH]1. The lowest BCUT2D eigenvalue weighted by Gasteiger charge is -2.29. The number of hydrogen-bond acceptors (Lipinski definition) is 4. The van der Waals surface area contributed by atoms with Crippen LogP contribution in [0.1, 0.15) is 28.9 Å². The van der Waals surface area contributed by atoms with Crippen molar-refractivity contribution < 1.29 is 18.7 Å². The van der Waals surface area contributed by atoms with Gasteiger partial charge in [-0.1, -0.05) is 23.7 Å². The molecular formula is C23H24ClFN4O3. The predicted octanol–water partition coefficient (Wildman–Crippen LogP) is 3.33. The third kappa shape index (κ3) is 4.92. The van der Waals surface area contributed by atoms with Gasteiger partial charge in [-0.05, 0) is 42.7 Å². The molecule has 7 nitrogen and oxygen atoms in total. The van der Waals surface area contributed by atoms with Crippen LogP contribution in [0.4, 0.5) is 4.39 Å². The Morgan fingerprint density at radius 3 is 2.88 bits per heavy atom. The molecule has 1 aliphatic rings. The Bertz CT molecular complexity index is 1120. The van der Waals surface area contributed by atoms with E-state index in [9.17, 15) is 14.0 Å². The number of amides is 2. The number of carbonyl (C=O) groups excluding carboxylic acids is 2. The minimum atomic E-state index is -0.807. The minimum absolute atomic E-state index is 0.0265. The van der Waals surface area contributed by atoms with Crippen LogP contribution in [0.15, 0.2) is 42.6 Å². The average Bonchev–Trinajstić information content (AvgIpc) is 3.41. The zero-order valence-electron chi connectivity index (χ0n) is 17.6. The maximum absolute atomic E-state index is 13.4. The molecule has 1 fully saturated rings. The van der Waals surface area contributed by atoms with Gasteiger partial charge in [0.1, 0.15) is 22.7 Å². The Morgan fingerprint density at radius 1 is 1.34 bits per heavy atom. The van der Waals surface area contributed by atoms with Gasteiger partial charge in [0, 0.05) is 25.5 Å². The van der Waals surface area contributed by atoms with Crippen molar-refractivity contribution in [3.8, 4) is 0 Å². The molecule has 0 unspecified atom stereocenters. The zero-order valence-corrected chi connectivity index (χ0v) is 18.4. The van der Waals surface area contributed by atoms with Crippen molar-refractivity contribution in [2.45, 2.75) is 31.3 Å². The highest BCUT2D eigenvalue weighted by molar-refractivity contribution is 6.30. The molecular weight excluding hydrogens is 435 g/mol. The average molecular weight is 459 g/mol. The fourth-order valence-corrected chi connectivity index (χ4v) is 4.28. The highest BCUT2D eigenvalue weighted by Gasteiger charge is 2.34. The lowest BCUT2D eigenvalue weighted by Crippen LogP contribution is -2.51. The molecule has 9 heteroatoms. The monoisotopic (exact) mass is 458 g/mol. The van der Waals surface area contributed by atoms with E-state index < -0.39 is 11.9 Å². The van der Waals surface area contributed by atoms with Crippen molar-refractivity contribution in [3.05, 3.63) is 64.8 Å². The number of halogens is 2. The summed E-state index contributed by atoms with van der Waals surface area (Å²) in [5.41, 5.74) is 1.72. The summed E-state index contributed by atoms with van der Waals surface area (Å²) < 4.78 is 18.6. The first-order valence-corrected chi connectivity index (χ1v) is 10.8. The van der Waals surface area contributed by atoms with Crippen LogP contribution >= 0.6 is 11.6 Å². The first kappa shape index (κ1) is 22.2. The maximum atomic E-state index is 13.4. The number of fused-ring (bicyclic) bond motifs is 1. The van der Waals surface area contributed by atoms with Crippen molar-refractivity contribution >= 4 is 34.3 Å². The summed E-state index contributed by atoms with van der Waals surface area (Å²) in [7, 11) is 1.61. The highest BCUT2D eigenvalue weighted by atomic mass is 35.5. The van der Waals surface area contributed by atoms with E-state index in [1.165, 1.54) is 12.1 Å². The molecule has 3 aromatic rings. The Balaban J connectivity index is 1.57. The van der Waals surface area contributed by atoms with Crippen molar-refractivity contribution in [2.24, 2.45) is 0 Å². The summed E-state index contributed by atoms with van der Waals surface area (Å²) >= 11 is 5.93. The quantitative estimate of drug-likeness (QED) is 0.532. The third-order valence-corrected chi connectivity index (χ3v) is 5.90. The molecule has 4 rings (SSSR count). The number of H-pyrrole nitrogens is 1. The lowest BCUT2D eigenvalue weighted by atomic mass is 10.0. The van der Waals surface area contributed by atoms with Crippen molar-refractivity contribution in [3.63, 3.8) is 0 Å². The van der Waals surface area contributed by atoms with Crippen LogP contribution in [0.25, 0.3) is 10.9 Å². The van der Waals surface area contributed by atoms with Crippen LogP contribution in [0.5, 0.6) is 0 Å². The highest BCUT2D eigenvalue weighted by Crippen LogP contribution is 2.21. The molecule has 2 atom stereocenters. The Morgan fingerprint density at radius 2 is 2.12 bits per heavy atom. The van der Waals surface area contributed by atoms with Gasteiger partial charge in [0.25, 0.3) is 5.91 Å². The largest absolute Gasteiger partial charge is 0.383 e. The first-order chi connectivity index (χ1) is 15.4. The van der Waals surface area contributed by atoms with E-state index in [4.69, 9.17) is 16.3 Å². The number of aromatic amines is 1. The molecule has 0 radical (unpaired) electrons. The van der Waals surface area contributed by atoms with E-state index in [-0.39, 0.29) is 24.2 Å². The van der Waals surface area contributed by atoms with E-state index in [0.29, 0.717) is 29.5 Å². The van der Waals surface area contributed by atoms with Gasteiger partial charge in [-0.2, -0.15) is 0 Å². The maximum Gasteiger partial charge on any atom is 0.268 e. The summed E-state index contributed by atoms with van der Waals surface area (Å²) in [6.07, 6.45) is 3.53. The van der Waals surface area contributed by atoms with Crippen LogP contribution in [-0.4, -0.2) is 59.0 Å². The molecule has 0 spiro atoms. The second-order valence-corrected chi connectivity index (χ2v) is 8.30. The van der Waals surface area contributed by atoms with Crippen LogP contribution in [0.3, 0.4) is 0 Å². The number of nitrogens with zero attached hydrogens (tertiary/aromatic N) is 2.